The Morgan fingerprint density at radius 2 is 2.00 bits per heavy atom. The number of hydrogen-bond donors (Lipinski definition) is 0. The first kappa shape index (κ1) is 14.9. The summed E-state index contributed by atoms with van der Waals surface area (Å²) >= 11 is 5.93. The van der Waals surface area contributed by atoms with Crippen molar-refractivity contribution in [1.82, 2.24) is 4.98 Å². The molecule has 0 amide bonds. The monoisotopic (exact) mass is 337 g/mol. The van der Waals surface area contributed by atoms with Gasteiger partial charge in [-0.3, -0.25) is 0 Å². The van der Waals surface area contributed by atoms with Gasteiger partial charge in [-0.05, 0) is 36.8 Å². The maximum Gasteiger partial charge on any atom is 0.306 e. The molecule has 5 nitrogen and oxygen atoms in total. The number of hydrogen-bond acceptors (Lipinski definition) is 5. The Labute approximate surface area is 132 Å². The first-order valence-electron chi connectivity index (χ1n) is 6.39. The van der Waals surface area contributed by atoms with E-state index in [-0.39, 0.29) is 11.6 Å². The van der Waals surface area contributed by atoms with Crippen LogP contribution in [-0.4, -0.2) is 19.7 Å². The Balaban J connectivity index is 2.19. The van der Waals surface area contributed by atoms with Crippen molar-refractivity contribution in [1.29, 1.82) is 0 Å². The normalized spacial score (nSPS) is 11.8. The lowest BCUT2D eigenvalue weighted by molar-refractivity contribution is 0.490. The number of rotatable bonds is 3. The Kier molecular flexibility index (Phi) is 3.58. The van der Waals surface area contributed by atoms with Crippen LogP contribution in [0.2, 0.25) is 5.02 Å². The highest BCUT2D eigenvalue weighted by Crippen LogP contribution is 2.35. The van der Waals surface area contributed by atoms with E-state index in [4.69, 9.17) is 20.2 Å². The quantitative estimate of drug-likeness (QED) is 0.680. The second kappa shape index (κ2) is 5.30. The van der Waals surface area contributed by atoms with Crippen LogP contribution in [0.5, 0.6) is 5.75 Å². The molecule has 0 saturated carbocycles. The van der Waals surface area contributed by atoms with Crippen molar-refractivity contribution >= 4 is 32.8 Å². The Morgan fingerprint density at radius 3 is 2.73 bits per heavy atom. The fourth-order valence-corrected chi connectivity index (χ4v) is 2.79. The summed E-state index contributed by atoms with van der Waals surface area (Å²) < 4.78 is 33.7. The third-order valence-electron chi connectivity index (χ3n) is 3.03. The van der Waals surface area contributed by atoms with Crippen LogP contribution in [0.15, 0.2) is 40.8 Å². The Morgan fingerprint density at radius 1 is 1.23 bits per heavy atom. The minimum absolute atomic E-state index is 0.211. The number of oxazole rings is 1. The van der Waals surface area contributed by atoms with E-state index in [9.17, 15) is 8.42 Å². The maximum absolute atomic E-state index is 11.5. The lowest BCUT2D eigenvalue weighted by atomic mass is 10.1. The molecule has 0 saturated heterocycles. The van der Waals surface area contributed by atoms with Crippen molar-refractivity contribution in [2.24, 2.45) is 0 Å². The molecular weight excluding hydrogens is 326 g/mol. The number of fused-ring (bicyclic) bond motifs is 1. The molecule has 0 aliphatic carbocycles. The van der Waals surface area contributed by atoms with Gasteiger partial charge in [0.25, 0.3) is 0 Å². The van der Waals surface area contributed by atoms with Gasteiger partial charge in [0.1, 0.15) is 5.52 Å². The molecule has 1 aromatic heterocycles. The molecule has 0 N–H and O–H groups in total. The van der Waals surface area contributed by atoms with Gasteiger partial charge in [-0.2, -0.15) is 8.42 Å². The average Bonchev–Trinajstić information content (AvgIpc) is 2.82. The molecule has 0 spiro atoms. The van der Waals surface area contributed by atoms with Gasteiger partial charge < -0.3 is 8.60 Å². The second-order valence-corrected chi connectivity index (χ2v) is 6.88. The van der Waals surface area contributed by atoms with Crippen LogP contribution in [0.3, 0.4) is 0 Å². The summed E-state index contributed by atoms with van der Waals surface area (Å²) in [5, 5.41) is 0.546. The highest BCUT2D eigenvalue weighted by Gasteiger charge is 2.18. The second-order valence-electron chi connectivity index (χ2n) is 4.87. The highest BCUT2D eigenvalue weighted by molar-refractivity contribution is 7.86. The summed E-state index contributed by atoms with van der Waals surface area (Å²) in [5.74, 6) is 0.488. The van der Waals surface area contributed by atoms with Gasteiger partial charge in [-0.15, -0.1) is 0 Å². The van der Waals surface area contributed by atoms with Gasteiger partial charge in [0.2, 0.25) is 5.89 Å². The maximum atomic E-state index is 11.5. The van der Waals surface area contributed by atoms with Crippen LogP contribution < -0.4 is 4.18 Å². The smallest absolute Gasteiger partial charge is 0.306 e. The zero-order valence-corrected chi connectivity index (χ0v) is 13.4. The molecule has 22 heavy (non-hydrogen) atoms. The Hall–Kier alpha value is -2.05. The van der Waals surface area contributed by atoms with E-state index in [0.717, 1.165) is 6.26 Å². The van der Waals surface area contributed by atoms with Crippen LogP contribution in [0.4, 0.5) is 0 Å². The Bertz CT molecular complexity index is 963. The topological polar surface area (TPSA) is 69.4 Å². The van der Waals surface area contributed by atoms with Crippen LogP contribution in [0, 0.1) is 6.92 Å². The van der Waals surface area contributed by atoms with Crippen LogP contribution in [0.1, 0.15) is 5.56 Å². The summed E-state index contributed by atoms with van der Waals surface area (Å²) in [7, 11) is -3.66. The number of nitrogens with zero attached hydrogens (tertiary/aromatic N) is 1. The first-order chi connectivity index (χ1) is 10.3. The molecule has 0 atom stereocenters. The molecule has 3 aromatic rings. The lowest BCUT2D eigenvalue weighted by Gasteiger charge is -2.09. The molecular formula is C15H12ClNO4S. The van der Waals surface area contributed by atoms with Crippen molar-refractivity contribution in [3.8, 4) is 17.2 Å². The van der Waals surface area contributed by atoms with Crippen LogP contribution in [-0.2, 0) is 10.1 Å². The van der Waals surface area contributed by atoms with E-state index in [1.54, 1.807) is 43.3 Å². The third kappa shape index (κ3) is 2.93. The fourth-order valence-electron chi connectivity index (χ4n) is 2.10. The van der Waals surface area contributed by atoms with Gasteiger partial charge in [0.15, 0.2) is 11.3 Å². The molecule has 7 heteroatoms. The van der Waals surface area contributed by atoms with E-state index >= 15 is 0 Å². The van der Waals surface area contributed by atoms with Crippen molar-refractivity contribution in [3.63, 3.8) is 0 Å². The minimum atomic E-state index is -3.66. The molecule has 114 valence electrons. The van der Waals surface area contributed by atoms with Gasteiger partial charge in [0.05, 0.1) is 11.8 Å². The number of halogens is 1. The number of aryl methyl sites for hydroxylation is 1. The summed E-state index contributed by atoms with van der Waals surface area (Å²) in [6.07, 6.45) is 0.995. The summed E-state index contributed by atoms with van der Waals surface area (Å²) in [6.45, 7) is 1.75. The zero-order chi connectivity index (χ0) is 15.9. The molecule has 2 aromatic carbocycles. The summed E-state index contributed by atoms with van der Waals surface area (Å²) in [6, 6.07) is 10.3. The molecule has 0 aliphatic heterocycles. The molecule has 3 rings (SSSR count). The van der Waals surface area contributed by atoms with E-state index in [2.05, 4.69) is 4.98 Å². The average molecular weight is 338 g/mol. The predicted octanol–water partition coefficient (Wildman–Crippen LogP) is 3.80. The van der Waals surface area contributed by atoms with Gasteiger partial charge in [-0.1, -0.05) is 23.7 Å². The highest BCUT2D eigenvalue weighted by atomic mass is 35.5. The van der Waals surface area contributed by atoms with Crippen LogP contribution in [0.25, 0.3) is 22.6 Å². The number of benzene rings is 2. The molecule has 0 unspecified atom stereocenters. The van der Waals surface area contributed by atoms with E-state index < -0.39 is 10.1 Å². The van der Waals surface area contributed by atoms with Crippen molar-refractivity contribution in [2.45, 2.75) is 6.92 Å². The third-order valence-corrected chi connectivity index (χ3v) is 3.73. The van der Waals surface area contributed by atoms with Gasteiger partial charge in [0, 0.05) is 5.02 Å². The molecule has 0 bridgehead atoms. The first-order valence-corrected chi connectivity index (χ1v) is 8.58. The number of aromatic nitrogens is 1. The molecule has 1 heterocycles. The van der Waals surface area contributed by atoms with E-state index in [1.807, 2.05) is 0 Å². The van der Waals surface area contributed by atoms with Gasteiger partial charge >= 0.3 is 10.1 Å². The van der Waals surface area contributed by atoms with E-state index in [0.29, 0.717) is 27.2 Å². The lowest BCUT2D eigenvalue weighted by Crippen LogP contribution is -2.07. The molecule has 0 fully saturated rings. The number of para-hydroxylation sites is 1. The fraction of sp³-hybridized carbons (Fsp3) is 0.133. The summed E-state index contributed by atoms with van der Waals surface area (Å²) in [5.41, 5.74) is 2.29. The van der Waals surface area contributed by atoms with Gasteiger partial charge in [-0.25, -0.2) is 4.98 Å². The largest absolute Gasteiger partial charge is 0.436 e. The SMILES string of the molecule is Cc1cccc(-c2nc3cc(Cl)ccc3o2)c1OS(C)(=O)=O. The van der Waals surface area contributed by atoms with Crippen molar-refractivity contribution in [2.75, 3.05) is 6.26 Å². The summed E-state index contributed by atoms with van der Waals surface area (Å²) in [4.78, 5) is 4.35. The zero-order valence-electron chi connectivity index (χ0n) is 11.8. The van der Waals surface area contributed by atoms with Crippen LogP contribution >= 0.6 is 11.6 Å². The predicted molar refractivity (Wildman–Crippen MR) is 84.7 cm³/mol. The molecule has 0 aliphatic rings. The van der Waals surface area contributed by atoms with Crippen molar-refractivity contribution < 1.29 is 17.0 Å². The standard InChI is InChI=1S/C15H12ClNO4S/c1-9-4-3-5-11(14(9)21-22(2,18)19)15-17-12-8-10(16)6-7-13(12)20-15/h3-8H,1-2H3. The van der Waals surface area contributed by atoms with E-state index in [1.165, 1.54) is 0 Å². The molecule has 0 radical (unpaired) electrons. The van der Waals surface area contributed by atoms with Crippen molar-refractivity contribution in [3.05, 3.63) is 47.0 Å². The minimum Gasteiger partial charge on any atom is -0.436 e.